The normalized spacial score (nSPS) is 9.67. The van der Waals surface area contributed by atoms with Gasteiger partial charge < -0.3 is 10.6 Å². The highest BCUT2D eigenvalue weighted by Crippen LogP contribution is 2.20. The Morgan fingerprint density at radius 2 is 2.00 bits per heavy atom. The zero-order valence-corrected chi connectivity index (χ0v) is 11.0. The lowest BCUT2D eigenvalue weighted by molar-refractivity contribution is -0.119. The van der Waals surface area contributed by atoms with E-state index >= 15 is 0 Å². The summed E-state index contributed by atoms with van der Waals surface area (Å²) in [7, 11) is 0. The van der Waals surface area contributed by atoms with Crippen molar-refractivity contribution < 1.29 is 9.59 Å². The Labute approximate surface area is 115 Å². The van der Waals surface area contributed by atoms with Crippen LogP contribution in [0.2, 0.25) is 10.0 Å². The van der Waals surface area contributed by atoms with Crippen LogP contribution < -0.4 is 10.6 Å². The molecule has 1 aromatic rings. The lowest BCUT2D eigenvalue weighted by Gasteiger charge is -2.07. The van der Waals surface area contributed by atoms with Crippen LogP contribution in [0.1, 0.15) is 10.4 Å². The summed E-state index contributed by atoms with van der Waals surface area (Å²) >= 11 is 11.6. The summed E-state index contributed by atoms with van der Waals surface area (Å²) in [5, 5.41) is 5.68. The number of carbonyl (C=O) groups excluding carboxylic acids is 2. The fourth-order valence-corrected chi connectivity index (χ4v) is 1.67. The molecule has 1 aromatic carbocycles. The van der Waals surface area contributed by atoms with Crippen molar-refractivity contribution in [2.75, 3.05) is 13.1 Å². The maximum atomic E-state index is 11.7. The second kappa shape index (κ2) is 7.03. The molecular weight excluding hydrogens is 275 g/mol. The summed E-state index contributed by atoms with van der Waals surface area (Å²) < 4.78 is 0. The smallest absolute Gasteiger partial charge is 0.253 e. The van der Waals surface area contributed by atoms with E-state index in [0.717, 1.165) is 0 Å². The van der Waals surface area contributed by atoms with E-state index < -0.39 is 5.91 Å². The molecule has 2 N–H and O–H groups in total. The largest absolute Gasteiger partial charge is 0.351 e. The van der Waals surface area contributed by atoms with Gasteiger partial charge in [-0.05, 0) is 18.2 Å². The van der Waals surface area contributed by atoms with E-state index in [1.165, 1.54) is 12.1 Å². The van der Waals surface area contributed by atoms with Crippen LogP contribution in [0.3, 0.4) is 0 Å². The Kier molecular flexibility index (Phi) is 5.68. The van der Waals surface area contributed by atoms with E-state index in [0.29, 0.717) is 11.6 Å². The van der Waals surface area contributed by atoms with Gasteiger partial charge in [0.1, 0.15) is 0 Å². The Morgan fingerprint density at radius 1 is 1.28 bits per heavy atom. The Balaban J connectivity index is 2.55. The van der Waals surface area contributed by atoms with Crippen molar-refractivity contribution in [1.29, 1.82) is 0 Å². The van der Waals surface area contributed by atoms with Crippen LogP contribution in [-0.4, -0.2) is 24.9 Å². The third-order valence-electron chi connectivity index (χ3n) is 2.03. The first kappa shape index (κ1) is 14.5. The van der Waals surface area contributed by atoms with Crippen LogP contribution in [0.15, 0.2) is 30.9 Å². The quantitative estimate of drug-likeness (QED) is 0.814. The van der Waals surface area contributed by atoms with E-state index in [-0.39, 0.29) is 23.0 Å². The minimum atomic E-state index is -0.426. The predicted molar refractivity (Wildman–Crippen MR) is 72.0 cm³/mol. The number of hydrogen-bond acceptors (Lipinski definition) is 2. The molecule has 0 saturated carbocycles. The van der Waals surface area contributed by atoms with Crippen LogP contribution in [0, 0.1) is 0 Å². The molecule has 96 valence electrons. The zero-order chi connectivity index (χ0) is 13.5. The highest BCUT2D eigenvalue weighted by molar-refractivity contribution is 6.36. The second-order valence-electron chi connectivity index (χ2n) is 3.40. The number of hydrogen-bond donors (Lipinski definition) is 2. The Morgan fingerprint density at radius 3 is 2.61 bits per heavy atom. The van der Waals surface area contributed by atoms with Gasteiger partial charge in [0.2, 0.25) is 5.91 Å². The number of halogens is 2. The van der Waals surface area contributed by atoms with E-state index in [2.05, 4.69) is 17.2 Å². The van der Waals surface area contributed by atoms with Crippen molar-refractivity contribution in [3.63, 3.8) is 0 Å². The van der Waals surface area contributed by atoms with Crippen molar-refractivity contribution in [3.05, 3.63) is 46.5 Å². The van der Waals surface area contributed by atoms with Gasteiger partial charge in [-0.2, -0.15) is 0 Å². The van der Waals surface area contributed by atoms with Crippen molar-refractivity contribution in [1.82, 2.24) is 10.6 Å². The summed E-state index contributed by atoms with van der Waals surface area (Å²) in [6.45, 7) is 3.70. The molecule has 0 aliphatic carbocycles. The summed E-state index contributed by atoms with van der Waals surface area (Å²) in [6, 6.07) is 4.53. The molecule has 0 spiro atoms. The Hall–Kier alpha value is -1.52. The van der Waals surface area contributed by atoms with E-state index in [9.17, 15) is 9.59 Å². The van der Waals surface area contributed by atoms with Crippen molar-refractivity contribution in [3.8, 4) is 0 Å². The fourth-order valence-electron chi connectivity index (χ4n) is 1.18. The van der Waals surface area contributed by atoms with Gasteiger partial charge in [-0.25, -0.2) is 0 Å². The van der Waals surface area contributed by atoms with Crippen molar-refractivity contribution in [2.45, 2.75) is 0 Å². The molecule has 0 bridgehead atoms. The topological polar surface area (TPSA) is 58.2 Å². The third kappa shape index (κ3) is 4.39. The SMILES string of the molecule is C=CCNC(=O)CNC(=O)c1ccc(Cl)cc1Cl. The monoisotopic (exact) mass is 286 g/mol. The highest BCUT2D eigenvalue weighted by atomic mass is 35.5. The van der Waals surface area contributed by atoms with Gasteiger partial charge in [0.05, 0.1) is 17.1 Å². The molecule has 18 heavy (non-hydrogen) atoms. The first-order chi connectivity index (χ1) is 8.54. The minimum absolute atomic E-state index is 0.119. The maximum Gasteiger partial charge on any atom is 0.253 e. The molecule has 2 amide bonds. The van der Waals surface area contributed by atoms with E-state index in [4.69, 9.17) is 23.2 Å². The summed E-state index contributed by atoms with van der Waals surface area (Å²) in [4.78, 5) is 23.0. The van der Waals surface area contributed by atoms with Crippen LogP contribution in [0.5, 0.6) is 0 Å². The molecule has 0 aliphatic heterocycles. The highest BCUT2D eigenvalue weighted by Gasteiger charge is 2.11. The van der Waals surface area contributed by atoms with Gasteiger partial charge in [0.25, 0.3) is 5.91 Å². The molecule has 0 aromatic heterocycles. The van der Waals surface area contributed by atoms with E-state index in [1.807, 2.05) is 0 Å². The number of amides is 2. The number of benzene rings is 1. The molecule has 0 heterocycles. The molecule has 1 rings (SSSR count). The molecule has 0 fully saturated rings. The van der Waals surface area contributed by atoms with Crippen LogP contribution in [0.4, 0.5) is 0 Å². The van der Waals surface area contributed by atoms with E-state index in [1.54, 1.807) is 12.1 Å². The lowest BCUT2D eigenvalue weighted by Crippen LogP contribution is -2.37. The third-order valence-corrected chi connectivity index (χ3v) is 2.58. The molecule has 6 heteroatoms. The zero-order valence-electron chi connectivity index (χ0n) is 9.50. The summed E-state index contributed by atoms with van der Waals surface area (Å²) in [5.41, 5.74) is 0.276. The Bertz CT molecular complexity index is 475. The van der Waals surface area contributed by atoms with Crippen molar-refractivity contribution in [2.24, 2.45) is 0 Å². The number of carbonyl (C=O) groups is 2. The molecular formula is C12H12Cl2N2O2. The molecule has 0 aliphatic rings. The average Bonchev–Trinajstić information content (AvgIpc) is 2.33. The lowest BCUT2D eigenvalue weighted by atomic mass is 10.2. The van der Waals surface area contributed by atoms with Crippen LogP contribution in [-0.2, 0) is 4.79 Å². The van der Waals surface area contributed by atoms with Gasteiger partial charge in [0.15, 0.2) is 0 Å². The molecule has 0 unspecified atom stereocenters. The second-order valence-corrected chi connectivity index (χ2v) is 4.24. The first-order valence-corrected chi connectivity index (χ1v) is 5.91. The standard InChI is InChI=1S/C12H12Cl2N2O2/c1-2-5-15-11(17)7-16-12(18)9-4-3-8(13)6-10(9)14/h2-4,6H,1,5,7H2,(H,15,17)(H,16,18). The first-order valence-electron chi connectivity index (χ1n) is 5.15. The van der Waals surface area contributed by atoms with Gasteiger partial charge >= 0.3 is 0 Å². The molecule has 0 radical (unpaired) electrons. The van der Waals surface area contributed by atoms with Gasteiger partial charge in [0, 0.05) is 11.6 Å². The fraction of sp³-hybridized carbons (Fsp3) is 0.167. The van der Waals surface area contributed by atoms with Crippen LogP contribution in [0.25, 0.3) is 0 Å². The summed E-state index contributed by atoms with van der Waals surface area (Å²) in [5.74, 6) is -0.723. The van der Waals surface area contributed by atoms with Gasteiger partial charge in [-0.15, -0.1) is 6.58 Å². The van der Waals surface area contributed by atoms with Gasteiger partial charge in [-0.1, -0.05) is 29.3 Å². The molecule has 4 nitrogen and oxygen atoms in total. The predicted octanol–water partition coefficient (Wildman–Crippen LogP) is 2.03. The van der Waals surface area contributed by atoms with Gasteiger partial charge in [-0.3, -0.25) is 9.59 Å². The van der Waals surface area contributed by atoms with Crippen LogP contribution >= 0.6 is 23.2 Å². The number of rotatable bonds is 5. The molecule has 0 saturated heterocycles. The molecule has 0 atom stereocenters. The summed E-state index contributed by atoms with van der Waals surface area (Å²) in [6.07, 6.45) is 1.55. The maximum absolute atomic E-state index is 11.7. The average molecular weight is 287 g/mol. The number of nitrogens with one attached hydrogen (secondary N) is 2. The minimum Gasteiger partial charge on any atom is -0.351 e. The van der Waals surface area contributed by atoms with Crippen molar-refractivity contribution >= 4 is 35.0 Å².